The molecule has 3 heteroatoms. The van der Waals surface area contributed by atoms with Gasteiger partial charge in [0.1, 0.15) is 0 Å². The molecular formula is C18H36Br2O. The summed E-state index contributed by atoms with van der Waals surface area (Å²) in [5.41, 5.74) is 0. The minimum atomic E-state index is 0.719. The molecule has 0 aromatic rings. The summed E-state index contributed by atoms with van der Waals surface area (Å²) >= 11 is 7.54. The zero-order valence-electron chi connectivity index (χ0n) is 14.2. The Morgan fingerprint density at radius 3 is 1.38 bits per heavy atom. The van der Waals surface area contributed by atoms with Crippen LogP contribution < -0.4 is 0 Å². The first kappa shape index (κ1) is 21.9. The second-order valence-corrected chi connectivity index (χ2v) is 8.67. The highest BCUT2D eigenvalue weighted by Gasteiger charge is 2.04. The number of unbranched alkanes of at least 4 members (excludes halogenated alkanes) is 4. The van der Waals surface area contributed by atoms with Crippen LogP contribution in [0.25, 0.3) is 0 Å². The van der Waals surface area contributed by atoms with E-state index in [4.69, 9.17) is 4.74 Å². The summed E-state index contributed by atoms with van der Waals surface area (Å²) in [5.74, 6) is 0. The van der Waals surface area contributed by atoms with Crippen molar-refractivity contribution in [1.29, 1.82) is 0 Å². The second-order valence-electron chi connectivity index (χ2n) is 6.08. The SMILES string of the molecule is CCCCC(Br)CCCCOCCCCC(Br)CCCC. The Labute approximate surface area is 150 Å². The normalized spacial score (nSPS) is 14.3. The lowest BCUT2D eigenvalue weighted by Gasteiger charge is -2.10. The van der Waals surface area contributed by atoms with Gasteiger partial charge in [0.05, 0.1) is 0 Å². The Hall–Kier alpha value is 0.920. The van der Waals surface area contributed by atoms with Crippen LogP contribution in [0.15, 0.2) is 0 Å². The average molecular weight is 428 g/mol. The maximum absolute atomic E-state index is 5.73. The van der Waals surface area contributed by atoms with E-state index in [0.717, 1.165) is 22.9 Å². The Morgan fingerprint density at radius 2 is 1.00 bits per heavy atom. The van der Waals surface area contributed by atoms with Crippen molar-refractivity contribution in [1.82, 2.24) is 0 Å². The molecule has 0 bridgehead atoms. The van der Waals surface area contributed by atoms with Crippen molar-refractivity contribution in [3.8, 4) is 0 Å². The summed E-state index contributed by atoms with van der Waals surface area (Å²) in [4.78, 5) is 1.44. The number of hydrogen-bond donors (Lipinski definition) is 0. The summed E-state index contributed by atoms with van der Waals surface area (Å²) in [6.45, 7) is 6.41. The third-order valence-corrected chi connectivity index (χ3v) is 5.69. The maximum Gasteiger partial charge on any atom is 0.0466 e. The first-order valence-corrected chi connectivity index (χ1v) is 10.9. The van der Waals surface area contributed by atoms with Gasteiger partial charge in [-0.3, -0.25) is 0 Å². The molecule has 2 atom stereocenters. The van der Waals surface area contributed by atoms with Gasteiger partial charge in [-0.25, -0.2) is 0 Å². The van der Waals surface area contributed by atoms with Gasteiger partial charge in [0, 0.05) is 22.9 Å². The number of ether oxygens (including phenoxy) is 1. The number of alkyl halides is 2. The highest BCUT2D eigenvalue weighted by atomic mass is 79.9. The quantitative estimate of drug-likeness (QED) is 0.186. The van der Waals surface area contributed by atoms with E-state index in [9.17, 15) is 0 Å². The average Bonchev–Trinajstić information content (AvgIpc) is 2.49. The van der Waals surface area contributed by atoms with E-state index in [0.29, 0.717) is 0 Å². The van der Waals surface area contributed by atoms with Crippen molar-refractivity contribution < 1.29 is 4.74 Å². The van der Waals surface area contributed by atoms with Crippen LogP contribution in [0.3, 0.4) is 0 Å². The molecule has 0 aromatic heterocycles. The third kappa shape index (κ3) is 17.1. The molecule has 0 heterocycles. The number of halogens is 2. The predicted molar refractivity (Wildman–Crippen MR) is 103 cm³/mol. The molecule has 0 radical (unpaired) electrons. The minimum Gasteiger partial charge on any atom is -0.381 e. The van der Waals surface area contributed by atoms with Crippen molar-refractivity contribution in [2.45, 2.75) is 101 Å². The summed E-state index contributed by atoms with van der Waals surface area (Å²) in [5, 5.41) is 0. The van der Waals surface area contributed by atoms with E-state index in [1.54, 1.807) is 0 Å². The molecule has 128 valence electrons. The predicted octanol–water partition coefficient (Wildman–Crippen LogP) is 7.25. The van der Waals surface area contributed by atoms with Crippen molar-refractivity contribution in [3.05, 3.63) is 0 Å². The van der Waals surface area contributed by atoms with Crippen molar-refractivity contribution in [2.75, 3.05) is 13.2 Å². The molecule has 0 fully saturated rings. The molecule has 0 N–H and O–H groups in total. The van der Waals surface area contributed by atoms with Crippen molar-refractivity contribution >= 4 is 31.9 Å². The van der Waals surface area contributed by atoms with Gasteiger partial charge in [0.15, 0.2) is 0 Å². The molecule has 21 heavy (non-hydrogen) atoms. The monoisotopic (exact) mass is 426 g/mol. The molecular weight excluding hydrogens is 392 g/mol. The molecule has 0 saturated heterocycles. The van der Waals surface area contributed by atoms with Gasteiger partial charge in [-0.15, -0.1) is 0 Å². The molecule has 0 rings (SSSR count). The van der Waals surface area contributed by atoms with Gasteiger partial charge in [-0.2, -0.15) is 0 Å². The molecule has 0 aliphatic rings. The van der Waals surface area contributed by atoms with E-state index in [1.807, 2.05) is 0 Å². The van der Waals surface area contributed by atoms with E-state index < -0.39 is 0 Å². The zero-order valence-corrected chi connectivity index (χ0v) is 17.4. The van der Waals surface area contributed by atoms with E-state index in [1.165, 1.54) is 77.0 Å². The van der Waals surface area contributed by atoms with Crippen molar-refractivity contribution in [2.24, 2.45) is 0 Å². The summed E-state index contributed by atoms with van der Waals surface area (Å²) in [6.07, 6.45) is 15.6. The van der Waals surface area contributed by atoms with E-state index in [-0.39, 0.29) is 0 Å². The van der Waals surface area contributed by atoms with Gasteiger partial charge in [0.2, 0.25) is 0 Å². The maximum atomic E-state index is 5.73. The lowest BCUT2D eigenvalue weighted by atomic mass is 10.1. The highest BCUT2D eigenvalue weighted by Crippen LogP contribution is 2.17. The molecule has 0 aliphatic carbocycles. The molecule has 0 spiro atoms. The smallest absolute Gasteiger partial charge is 0.0466 e. The lowest BCUT2D eigenvalue weighted by molar-refractivity contribution is 0.126. The first-order valence-electron chi connectivity index (χ1n) is 9.06. The molecule has 2 unspecified atom stereocenters. The topological polar surface area (TPSA) is 9.23 Å². The fourth-order valence-electron chi connectivity index (χ4n) is 2.38. The molecule has 1 nitrogen and oxygen atoms in total. The zero-order chi connectivity index (χ0) is 15.8. The summed E-state index contributed by atoms with van der Waals surface area (Å²) in [6, 6.07) is 0. The Balaban J connectivity index is 3.15. The van der Waals surface area contributed by atoms with Crippen LogP contribution in [0.1, 0.15) is 90.9 Å². The Bertz CT molecular complexity index is 180. The molecule has 0 aromatic carbocycles. The largest absolute Gasteiger partial charge is 0.381 e. The van der Waals surface area contributed by atoms with E-state index in [2.05, 4.69) is 45.7 Å². The Morgan fingerprint density at radius 1 is 0.619 bits per heavy atom. The van der Waals surface area contributed by atoms with Crippen LogP contribution in [0.2, 0.25) is 0 Å². The van der Waals surface area contributed by atoms with Gasteiger partial charge in [-0.05, 0) is 38.5 Å². The van der Waals surface area contributed by atoms with Crippen LogP contribution in [0.4, 0.5) is 0 Å². The number of rotatable bonds is 16. The van der Waals surface area contributed by atoms with E-state index >= 15 is 0 Å². The van der Waals surface area contributed by atoms with Crippen LogP contribution in [0, 0.1) is 0 Å². The lowest BCUT2D eigenvalue weighted by Crippen LogP contribution is -2.02. The van der Waals surface area contributed by atoms with Crippen LogP contribution in [-0.2, 0) is 4.74 Å². The third-order valence-electron chi connectivity index (χ3n) is 3.85. The van der Waals surface area contributed by atoms with Gasteiger partial charge < -0.3 is 4.74 Å². The van der Waals surface area contributed by atoms with Gasteiger partial charge >= 0.3 is 0 Å². The fraction of sp³-hybridized carbons (Fsp3) is 1.00. The van der Waals surface area contributed by atoms with Gasteiger partial charge in [0.25, 0.3) is 0 Å². The fourth-order valence-corrected chi connectivity index (χ4v) is 3.68. The molecule has 0 aliphatic heterocycles. The molecule has 0 amide bonds. The number of hydrogen-bond acceptors (Lipinski definition) is 1. The minimum absolute atomic E-state index is 0.719. The second kappa shape index (κ2) is 17.3. The first-order chi connectivity index (χ1) is 10.2. The van der Waals surface area contributed by atoms with Crippen LogP contribution in [-0.4, -0.2) is 22.9 Å². The van der Waals surface area contributed by atoms with Crippen molar-refractivity contribution in [3.63, 3.8) is 0 Å². The van der Waals surface area contributed by atoms with Crippen LogP contribution >= 0.6 is 31.9 Å². The molecule has 0 saturated carbocycles. The highest BCUT2D eigenvalue weighted by molar-refractivity contribution is 9.09. The summed E-state index contributed by atoms with van der Waals surface area (Å²) in [7, 11) is 0. The summed E-state index contributed by atoms with van der Waals surface area (Å²) < 4.78 is 5.73. The Kier molecular flexibility index (Phi) is 18.0. The van der Waals surface area contributed by atoms with Crippen LogP contribution in [0.5, 0.6) is 0 Å². The standard InChI is InChI=1S/C18H36Br2O/c1-3-5-11-17(19)13-7-9-15-21-16-10-8-14-18(20)12-6-4-2/h17-18H,3-16H2,1-2H3. The van der Waals surface area contributed by atoms with Gasteiger partial charge in [-0.1, -0.05) is 84.2 Å².